The summed E-state index contributed by atoms with van der Waals surface area (Å²) >= 11 is 3.05. The molecule has 30 heavy (non-hydrogen) atoms. The Morgan fingerprint density at radius 2 is 1.97 bits per heavy atom. The van der Waals surface area contributed by atoms with E-state index in [-0.39, 0.29) is 18.0 Å². The molecule has 0 aliphatic rings. The van der Waals surface area contributed by atoms with Crippen LogP contribution < -0.4 is 20.3 Å². The van der Waals surface area contributed by atoms with Crippen LogP contribution in [0.3, 0.4) is 0 Å². The fraction of sp³-hybridized carbons (Fsp3) is 0.190. The van der Waals surface area contributed by atoms with Crippen molar-refractivity contribution in [1.82, 2.24) is 9.55 Å². The second-order valence-electron chi connectivity index (χ2n) is 6.54. The molecule has 0 saturated carbocycles. The average Bonchev–Trinajstić information content (AvgIpc) is 3.36. The van der Waals surface area contributed by atoms with E-state index >= 15 is 0 Å². The zero-order chi connectivity index (χ0) is 21.3. The fourth-order valence-corrected chi connectivity index (χ4v) is 4.97. The van der Waals surface area contributed by atoms with Crippen LogP contribution in [0.1, 0.15) is 4.88 Å². The molecule has 4 aromatic rings. The van der Waals surface area contributed by atoms with E-state index in [0.717, 1.165) is 10.4 Å². The van der Waals surface area contributed by atoms with Crippen LogP contribution in [0.15, 0.2) is 46.8 Å². The number of anilines is 1. The number of nitrogens with one attached hydrogen (secondary N) is 1. The van der Waals surface area contributed by atoms with Gasteiger partial charge in [-0.3, -0.25) is 14.2 Å². The van der Waals surface area contributed by atoms with Gasteiger partial charge in [0.25, 0.3) is 5.56 Å². The molecule has 0 aliphatic carbocycles. The van der Waals surface area contributed by atoms with Crippen molar-refractivity contribution < 1.29 is 14.3 Å². The van der Waals surface area contributed by atoms with Crippen molar-refractivity contribution in [2.75, 3.05) is 19.5 Å². The SMILES string of the molecule is COc1ccc(NC(=O)Cn2cnc3scc(-c4ccc(C)s4)c3c2=O)cc1OC. The molecule has 1 aromatic carbocycles. The number of thiophene rings is 2. The standard InChI is InChI=1S/C21H19N3O4S2/c1-12-4-7-17(30-12)14-10-29-20-19(14)21(26)24(11-22-20)9-18(25)23-13-5-6-15(27-2)16(8-13)28-3/h4-8,10-11H,9H2,1-3H3,(H,23,25). The summed E-state index contributed by atoms with van der Waals surface area (Å²) in [6.45, 7) is 1.88. The van der Waals surface area contributed by atoms with Crippen LogP contribution in [-0.2, 0) is 11.3 Å². The van der Waals surface area contributed by atoms with Crippen LogP contribution in [0.4, 0.5) is 5.69 Å². The lowest BCUT2D eigenvalue weighted by Gasteiger charge is -2.11. The Morgan fingerprint density at radius 3 is 2.67 bits per heavy atom. The number of amides is 1. The third kappa shape index (κ3) is 3.81. The van der Waals surface area contributed by atoms with Crippen molar-refractivity contribution in [2.24, 2.45) is 0 Å². The van der Waals surface area contributed by atoms with Gasteiger partial charge in [0.1, 0.15) is 11.4 Å². The molecule has 0 saturated heterocycles. The van der Waals surface area contributed by atoms with Gasteiger partial charge in [0, 0.05) is 32.5 Å². The predicted molar refractivity (Wildman–Crippen MR) is 120 cm³/mol. The zero-order valence-corrected chi connectivity index (χ0v) is 18.2. The van der Waals surface area contributed by atoms with Crippen molar-refractivity contribution in [3.8, 4) is 21.9 Å². The molecule has 3 aromatic heterocycles. The molecule has 0 atom stereocenters. The molecule has 0 unspecified atom stereocenters. The predicted octanol–water partition coefficient (Wildman–Crippen LogP) is 4.15. The lowest BCUT2D eigenvalue weighted by atomic mass is 10.2. The highest BCUT2D eigenvalue weighted by Gasteiger charge is 2.16. The molecule has 0 spiro atoms. The third-order valence-electron chi connectivity index (χ3n) is 4.55. The fourth-order valence-electron chi connectivity index (χ4n) is 3.11. The Labute approximate surface area is 180 Å². The quantitative estimate of drug-likeness (QED) is 0.486. The number of hydrogen-bond donors (Lipinski definition) is 1. The molecular formula is C21H19N3O4S2. The first-order valence-electron chi connectivity index (χ1n) is 9.05. The summed E-state index contributed by atoms with van der Waals surface area (Å²) in [6, 6.07) is 9.10. The first-order chi connectivity index (χ1) is 14.5. The summed E-state index contributed by atoms with van der Waals surface area (Å²) in [7, 11) is 3.07. The lowest BCUT2D eigenvalue weighted by molar-refractivity contribution is -0.116. The second kappa shape index (κ2) is 8.29. The van der Waals surface area contributed by atoms with E-state index in [0.29, 0.717) is 27.4 Å². The number of rotatable bonds is 6. The van der Waals surface area contributed by atoms with Crippen LogP contribution in [0.2, 0.25) is 0 Å². The highest BCUT2D eigenvalue weighted by atomic mass is 32.1. The van der Waals surface area contributed by atoms with Gasteiger partial charge in [0.15, 0.2) is 11.5 Å². The molecule has 154 valence electrons. The van der Waals surface area contributed by atoms with Gasteiger partial charge in [0.05, 0.1) is 25.9 Å². The summed E-state index contributed by atoms with van der Waals surface area (Å²) in [4.78, 5) is 32.9. The van der Waals surface area contributed by atoms with Crippen molar-refractivity contribution >= 4 is 44.5 Å². The summed E-state index contributed by atoms with van der Waals surface area (Å²) in [5.41, 5.74) is 1.18. The van der Waals surface area contributed by atoms with E-state index < -0.39 is 0 Å². The van der Waals surface area contributed by atoms with Gasteiger partial charge in [-0.05, 0) is 31.2 Å². The minimum atomic E-state index is -0.339. The molecule has 0 bridgehead atoms. The summed E-state index contributed by atoms with van der Waals surface area (Å²) in [5.74, 6) is 0.731. The van der Waals surface area contributed by atoms with E-state index in [4.69, 9.17) is 9.47 Å². The van der Waals surface area contributed by atoms with E-state index in [1.54, 1.807) is 36.6 Å². The summed E-state index contributed by atoms with van der Waals surface area (Å²) in [5, 5.41) is 5.27. The maximum absolute atomic E-state index is 13.1. The van der Waals surface area contributed by atoms with Crippen molar-refractivity contribution in [3.63, 3.8) is 0 Å². The van der Waals surface area contributed by atoms with Gasteiger partial charge in [-0.2, -0.15) is 0 Å². The first kappa shape index (κ1) is 20.1. The molecule has 3 heterocycles. The number of nitrogens with zero attached hydrogens (tertiary/aromatic N) is 2. The smallest absolute Gasteiger partial charge is 0.263 e. The minimum absolute atomic E-state index is 0.144. The number of carbonyl (C=O) groups is 1. The van der Waals surface area contributed by atoms with E-state index in [2.05, 4.69) is 10.3 Å². The number of hydrogen-bond acceptors (Lipinski definition) is 7. The third-order valence-corrected chi connectivity index (χ3v) is 6.47. The molecule has 0 aliphatic heterocycles. The van der Waals surface area contributed by atoms with Crippen LogP contribution >= 0.6 is 22.7 Å². The summed E-state index contributed by atoms with van der Waals surface area (Å²) < 4.78 is 11.8. The number of methoxy groups -OCH3 is 2. The molecule has 1 N–H and O–H groups in total. The molecular weight excluding hydrogens is 422 g/mol. The Hall–Kier alpha value is -3.17. The molecule has 9 heteroatoms. The van der Waals surface area contributed by atoms with E-state index in [1.807, 2.05) is 24.4 Å². The largest absolute Gasteiger partial charge is 0.493 e. The number of aromatic nitrogens is 2. The van der Waals surface area contributed by atoms with E-state index in [9.17, 15) is 9.59 Å². The van der Waals surface area contributed by atoms with Gasteiger partial charge >= 0.3 is 0 Å². The second-order valence-corrected chi connectivity index (χ2v) is 8.68. The van der Waals surface area contributed by atoms with Crippen molar-refractivity contribution in [3.05, 3.63) is 57.3 Å². The Bertz CT molecular complexity index is 1290. The maximum atomic E-state index is 13.1. The number of aryl methyl sites for hydroxylation is 1. The Kier molecular flexibility index (Phi) is 5.56. The normalized spacial score (nSPS) is 10.9. The van der Waals surface area contributed by atoms with Crippen LogP contribution in [0.25, 0.3) is 20.7 Å². The van der Waals surface area contributed by atoms with Crippen molar-refractivity contribution in [1.29, 1.82) is 0 Å². The average molecular weight is 442 g/mol. The minimum Gasteiger partial charge on any atom is -0.493 e. The number of benzene rings is 1. The monoisotopic (exact) mass is 441 g/mol. The molecule has 4 rings (SSSR count). The number of ether oxygens (including phenoxy) is 2. The van der Waals surface area contributed by atoms with Crippen molar-refractivity contribution in [2.45, 2.75) is 13.5 Å². The highest BCUT2D eigenvalue weighted by Crippen LogP contribution is 2.35. The number of fused-ring (bicyclic) bond motifs is 1. The molecule has 7 nitrogen and oxygen atoms in total. The first-order valence-corrected chi connectivity index (χ1v) is 10.7. The molecule has 0 fully saturated rings. The maximum Gasteiger partial charge on any atom is 0.263 e. The zero-order valence-electron chi connectivity index (χ0n) is 16.6. The van der Waals surface area contributed by atoms with Gasteiger partial charge < -0.3 is 14.8 Å². The van der Waals surface area contributed by atoms with Gasteiger partial charge in [-0.15, -0.1) is 22.7 Å². The lowest BCUT2D eigenvalue weighted by Crippen LogP contribution is -2.27. The van der Waals surface area contributed by atoms with E-state index in [1.165, 1.54) is 34.2 Å². The number of carbonyl (C=O) groups excluding carboxylic acids is 1. The highest BCUT2D eigenvalue weighted by molar-refractivity contribution is 7.19. The van der Waals surface area contributed by atoms with Crippen LogP contribution in [-0.4, -0.2) is 29.7 Å². The Balaban J connectivity index is 1.60. The van der Waals surface area contributed by atoms with Gasteiger partial charge in [-0.1, -0.05) is 0 Å². The topological polar surface area (TPSA) is 82.5 Å². The van der Waals surface area contributed by atoms with Gasteiger partial charge in [0.2, 0.25) is 5.91 Å². The van der Waals surface area contributed by atoms with Crippen LogP contribution in [0, 0.1) is 6.92 Å². The van der Waals surface area contributed by atoms with Crippen LogP contribution in [0.5, 0.6) is 11.5 Å². The van der Waals surface area contributed by atoms with Gasteiger partial charge in [-0.25, -0.2) is 4.98 Å². The summed E-state index contributed by atoms with van der Waals surface area (Å²) in [6.07, 6.45) is 1.42. The molecule has 1 amide bonds. The Morgan fingerprint density at radius 1 is 1.17 bits per heavy atom. The molecule has 0 radical (unpaired) electrons.